The summed E-state index contributed by atoms with van der Waals surface area (Å²) in [4.78, 5) is 0. The summed E-state index contributed by atoms with van der Waals surface area (Å²) in [6.45, 7) is 1.63. The summed E-state index contributed by atoms with van der Waals surface area (Å²) in [6.07, 6.45) is 15.5. The Morgan fingerprint density at radius 2 is 0.786 bits per heavy atom. The fourth-order valence-electron chi connectivity index (χ4n) is 3.64. The molecule has 0 saturated carbocycles. The van der Waals surface area contributed by atoms with Crippen LogP contribution in [0.15, 0.2) is 0 Å². The zero-order chi connectivity index (χ0) is 21.0. The Labute approximate surface area is 173 Å². The SMILES string of the molecule is CCCCCCCCCCCCCCCCCCC(O)[C@H](O)C(O)[C@@H](O)CO. The predicted molar refractivity (Wildman–Crippen MR) is 115 cm³/mol. The van der Waals surface area contributed by atoms with E-state index in [1.807, 2.05) is 0 Å². The number of hydrogen-bond acceptors (Lipinski definition) is 5. The van der Waals surface area contributed by atoms with Crippen molar-refractivity contribution in [2.45, 2.75) is 140 Å². The molecule has 0 amide bonds. The van der Waals surface area contributed by atoms with Crippen LogP contribution in [-0.4, -0.2) is 56.6 Å². The fourth-order valence-corrected chi connectivity index (χ4v) is 3.64. The Kier molecular flexibility index (Phi) is 19.9. The Morgan fingerprint density at radius 1 is 0.464 bits per heavy atom. The molecule has 0 aromatic heterocycles. The summed E-state index contributed by atoms with van der Waals surface area (Å²) in [5.74, 6) is 0. The van der Waals surface area contributed by atoms with E-state index in [4.69, 9.17) is 5.11 Å². The summed E-state index contributed by atoms with van der Waals surface area (Å²) in [7, 11) is 0. The van der Waals surface area contributed by atoms with Gasteiger partial charge in [-0.25, -0.2) is 0 Å². The molecule has 170 valence electrons. The van der Waals surface area contributed by atoms with Crippen molar-refractivity contribution in [1.29, 1.82) is 0 Å². The van der Waals surface area contributed by atoms with E-state index < -0.39 is 31.0 Å². The normalized spacial score (nSPS) is 16.1. The highest BCUT2D eigenvalue weighted by Crippen LogP contribution is 2.15. The van der Waals surface area contributed by atoms with Crippen molar-refractivity contribution in [3.63, 3.8) is 0 Å². The molecule has 0 aromatic rings. The van der Waals surface area contributed by atoms with Gasteiger partial charge in [0.1, 0.15) is 18.3 Å². The van der Waals surface area contributed by atoms with Gasteiger partial charge in [-0.1, -0.05) is 110 Å². The van der Waals surface area contributed by atoms with Gasteiger partial charge in [0.25, 0.3) is 0 Å². The van der Waals surface area contributed by atoms with Crippen LogP contribution >= 0.6 is 0 Å². The maximum atomic E-state index is 9.85. The molecule has 0 aromatic carbocycles. The van der Waals surface area contributed by atoms with Crippen molar-refractivity contribution in [1.82, 2.24) is 0 Å². The lowest BCUT2D eigenvalue weighted by Crippen LogP contribution is -2.45. The molecule has 0 aliphatic heterocycles. The van der Waals surface area contributed by atoms with Crippen molar-refractivity contribution < 1.29 is 25.5 Å². The average molecular weight is 405 g/mol. The average Bonchev–Trinajstić information content (AvgIpc) is 2.71. The smallest absolute Gasteiger partial charge is 0.110 e. The van der Waals surface area contributed by atoms with Crippen molar-refractivity contribution in [2.24, 2.45) is 0 Å². The van der Waals surface area contributed by atoms with Gasteiger partial charge in [-0.15, -0.1) is 0 Å². The first-order valence-electron chi connectivity index (χ1n) is 11.9. The first kappa shape index (κ1) is 27.8. The van der Waals surface area contributed by atoms with Gasteiger partial charge in [-0.2, -0.15) is 0 Å². The summed E-state index contributed by atoms with van der Waals surface area (Å²) in [5, 5.41) is 47.2. The molecule has 0 aliphatic rings. The zero-order valence-corrected chi connectivity index (χ0v) is 18.3. The molecule has 28 heavy (non-hydrogen) atoms. The van der Waals surface area contributed by atoms with Crippen molar-refractivity contribution >= 4 is 0 Å². The summed E-state index contributed by atoms with van der Waals surface area (Å²) < 4.78 is 0. The van der Waals surface area contributed by atoms with E-state index in [1.54, 1.807) is 0 Å². The third-order valence-corrected chi connectivity index (χ3v) is 5.68. The molecule has 5 heteroatoms. The Hall–Kier alpha value is -0.200. The number of rotatable bonds is 21. The summed E-state index contributed by atoms with van der Waals surface area (Å²) in [5.41, 5.74) is 0. The topological polar surface area (TPSA) is 101 Å². The second-order valence-corrected chi connectivity index (χ2v) is 8.39. The van der Waals surface area contributed by atoms with E-state index in [0.29, 0.717) is 6.42 Å². The molecular formula is C23H48O5. The first-order chi connectivity index (χ1) is 13.5. The maximum absolute atomic E-state index is 9.85. The van der Waals surface area contributed by atoms with E-state index in [2.05, 4.69) is 6.92 Å². The van der Waals surface area contributed by atoms with Crippen LogP contribution in [0.2, 0.25) is 0 Å². The number of aliphatic hydroxyl groups excluding tert-OH is 5. The van der Waals surface area contributed by atoms with Crippen LogP contribution < -0.4 is 0 Å². The van der Waals surface area contributed by atoms with Gasteiger partial charge in [-0.3, -0.25) is 0 Å². The molecule has 4 atom stereocenters. The van der Waals surface area contributed by atoms with Crippen molar-refractivity contribution in [3.8, 4) is 0 Å². The van der Waals surface area contributed by atoms with Gasteiger partial charge in [0.15, 0.2) is 0 Å². The van der Waals surface area contributed by atoms with E-state index >= 15 is 0 Å². The van der Waals surface area contributed by atoms with Gasteiger partial charge >= 0.3 is 0 Å². The first-order valence-corrected chi connectivity index (χ1v) is 11.9. The fraction of sp³-hybridized carbons (Fsp3) is 1.00. The Balaban J connectivity index is 3.33. The van der Waals surface area contributed by atoms with E-state index in [1.165, 1.54) is 83.5 Å². The summed E-state index contributed by atoms with van der Waals surface area (Å²) in [6, 6.07) is 0. The predicted octanol–water partition coefficient (Wildman–Crippen LogP) is 4.07. The second-order valence-electron chi connectivity index (χ2n) is 8.39. The molecule has 2 unspecified atom stereocenters. The number of hydrogen-bond donors (Lipinski definition) is 5. The van der Waals surface area contributed by atoms with Gasteiger partial charge in [0, 0.05) is 0 Å². The van der Waals surface area contributed by atoms with E-state index in [0.717, 1.165) is 19.3 Å². The molecule has 0 radical (unpaired) electrons. The van der Waals surface area contributed by atoms with Crippen LogP contribution in [0.5, 0.6) is 0 Å². The van der Waals surface area contributed by atoms with Crippen molar-refractivity contribution in [3.05, 3.63) is 0 Å². The van der Waals surface area contributed by atoms with Crippen LogP contribution in [0.25, 0.3) is 0 Å². The lowest BCUT2D eigenvalue weighted by atomic mass is 9.98. The maximum Gasteiger partial charge on any atom is 0.110 e. The molecule has 0 aliphatic carbocycles. The highest BCUT2D eigenvalue weighted by atomic mass is 16.4. The largest absolute Gasteiger partial charge is 0.394 e. The number of unbranched alkanes of at least 4 members (excludes halogenated alkanes) is 15. The minimum atomic E-state index is -1.51. The van der Waals surface area contributed by atoms with Gasteiger partial charge in [-0.05, 0) is 6.42 Å². The Bertz CT molecular complexity index is 313. The molecule has 0 fully saturated rings. The summed E-state index contributed by atoms with van der Waals surface area (Å²) >= 11 is 0. The highest BCUT2D eigenvalue weighted by Gasteiger charge is 2.29. The number of aliphatic hydroxyl groups is 5. The molecule has 0 bridgehead atoms. The molecule has 5 N–H and O–H groups in total. The van der Waals surface area contributed by atoms with E-state index in [9.17, 15) is 20.4 Å². The standard InChI is InChI=1S/C23H48O5/c1-2-3-4-5-6-7-8-9-10-11-12-13-14-15-16-17-18-20(25)22(27)23(28)21(26)19-24/h20-28H,2-19H2,1H3/t20?,21-,22-,23?/m0/s1. The molecule has 0 heterocycles. The van der Waals surface area contributed by atoms with Gasteiger partial charge in [0.05, 0.1) is 12.7 Å². The van der Waals surface area contributed by atoms with Crippen LogP contribution in [0.1, 0.15) is 116 Å². The highest BCUT2D eigenvalue weighted by molar-refractivity contribution is 4.80. The lowest BCUT2D eigenvalue weighted by molar-refractivity contribution is -0.116. The molecule has 0 saturated heterocycles. The van der Waals surface area contributed by atoms with Gasteiger partial charge in [0.2, 0.25) is 0 Å². The van der Waals surface area contributed by atoms with Crippen LogP contribution in [-0.2, 0) is 0 Å². The van der Waals surface area contributed by atoms with Crippen LogP contribution in [0.3, 0.4) is 0 Å². The minimum Gasteiger partial charge on any atom is -0.394 e. The molecule has 0 rings (SSSR count). The quantitative estimate of drug-likeness (QED) is 0.186. The zero-order valence-electron chi connectivity index (χ0n) is 18.3. The van der Waals surface area contributed by atoms with E-state index in [-0.39, 0.29) is 0 Å². The monoisotopic (exact) mass is 404 g/mol. The lowest BCUT2D eigenvalue weighted by Gasteiger charge is -2.25. The second kappa shape index (κ2) is 20.1. The van der Waals surface area contributed by atoms with Crippen LogP contribution in [0, 0.1) is 0 Å². The molecule has 0 spiro atoms. The Morgan fingerprint density at radius 3 is 1.14 bits per heavy atom. The minimum absolute atomic E-state index is 0.398. The van der Waals surface area contributed by atoms with Gasteiger partial charge < -0.3 is 25.5 Å². The molecule has 5 nitrogen and oxygen atoms in total. The molecular weight excluding hydrogens is 356 g/mol. The third kappa shape index (κ3) is 15.7. The third-order valence-electron chi connectivity index (χ3n) is 5.68. The van der Waals surface area contributed by atoms with Crippen LogP contribution in [0.4, 0.5) is 0 Å². The van der Waals surface area contributed by atoms with Crippen molar-refractivity contribution in [2.75, 3.05) is 6.61 Å².